The molecule has 24 heavy (non-hydrogen) atoms. The predicted octanol–water partition coefficient (Wildman–Crippen LogP) is 1.47. The molecule has 0 aromatic heterocycles. The summed E-state index contributed by atoms with van der Waals surface area (Å²) < 4.78 is 25.1. The van der Waals surface area contributed by atoms with Gasteiger partial charge in [0.25, 0.3) is 0 Å². The van der Waals surface area contributed by atoms with E-state index in [0.717, 1.165) is 18.5 Å². The van der Waals surface area contributed by atoms with Gasteiger partial charge in [0.05, 0.1) is 12.3 Å². The lowest BCUT2D eigenvalue weighted by atomic mass is 10.1. The van der Waals surface area contributed by atoms with Gasteiger partial charge in [-0.15, -0.1) is 0 Å². The molecule has 1 aromatic rings. The molecule has 1 amide bonds. The first-order valence-corrected chi connectivity index (χ1v) is 9.99. The molecule has 0 heterocycles. The predicted molar refractivity (Wildman–Crippen MR) is 97.2 cm³/mol. The highest BCUT2D eigenvalue weighted by atomic mass is 32.2. The van der Waals surface area contributed by atoms with Crippen LogP contribution in [0.5, 0.6) is 0 Å². The minimum absolute atomic E-state index is 0.0980. The molecule has 6 nitrogen and oxygen atoms in total. The number of carbonyl (C=O) groups excluding carboxylic acids is 1. The summed E-state index contributed by atoms with van der Waals surface area (Å²) in [5, 5.41) is 2.91. The molecule has 1 N–H and O–H groups in total. The molecule has 0 saturated heterocycles. The van der Waals surface area contributed by atoms with E-state index in [1.807, 2.05) is 56.3 Å². The summed E-state index contributed by atoms with van der Waals surface area (Å²) >= 11 is 0. The highest BCUT2D eigenvalue weighted by molar-refractivity contribution is 7.88. The van der Waals surface area contributed by atoms with Gasteiger partial charge in [-0.25, -0.2) is 12.7 Å². The minimum Gasteiger partial charge on any atom is -0.350 e. The number of carbonyl (C=O) groups is 1. The van der Waals surface area contributed by atoms with E-state index in [1.54, 1.807) is 0 Å². The van der Waals surface area contributed by atoms with Gasteiger partial charge in [-0.05, 0) is 39.5 Å². The number of hydrogen-bond acceptors (Lipinski definition) is 4. The highest BCUT2D eigenvalue weighted by Crippen LogP contribution is 2.11. The molecule has 1 unspecified atom stereocenters. The highest BCUT2D eigenvalue weighted by Gasteiger charge is 2.18. The Kier molecular flexibility index (Phi) is 8.38. The third kappa shape index (κ3) is 7.90. The van der Waals surface area contributed by atoms with Gasteiger partial charge in [0.1, 0.15) is 0 Å². The van der Waals surface area contributed by atoms with Crippen molar-refractivity contribution in [3.63, 3.8) is 0 Å². The van der Waals surface area contributed by atoms with Gasteiger partial charge in [-0.3, -0.25) is 4.79 Å². The maximum absolute atomic E-state index is 12.1. The number of nitrogens with one attached hydrogen (secondary N) is 1. The van der Waals surface area contributed by atoms with Gasteiger partial charge in [0, 0.05) is 19.5 Å². The Morgan fingerprint density at radius 2 is 1.75 bits per heavy atom. The van der Waals surface area contributed by atoms with E-state index in [9.17, 15) is 13.2 Å². The van der Waals surface area contributed by atoms with E-state index in [1.165, 1.54) is 10.6 Å². The second kappa shape index (κ2) is 9.76. The summed E-state index contributed by atoms with van der Waals surface area (Å²) in [4.78, 5) is 14.1. The van der Waals surface area contributed by atoms with E-state index in [-0.39, 0.29) is 24.9 Å². The maximum atomic E-state index is 12.1. The monoisotopic (exact) mass is 355 g/mol. The SMILES string of the molecule is CC(NC(=O)CCN(CCCN(C)C)S(C)(=O)=O)c1ccccc1. The van der Waals surface area contributed by atoms with Crippen molar-refractivity contribution in [2.45, 2.75) is 25.8 Å². The fraction of sp³-hybridized carbons (Fsp3) is 0.588. The van der Waals surface area contributed by atoms with Gasteiger partial charge >= 0.3 is 0 Å². The summed E-state index contributed by atoms with van der Waals surface area (Å²) in [6.45, 7) is 3.36. The van der Waals surface area contributed by atoms with E-state index >= 15 is 0 Å². The van der Waals surface area contributed by atoms with Crippen LogP contribution in [-0.2, 0) is 14.8 Å². The molecule has 1 aromatic carbocycles. The zero-order chi connectivity index (χ0) is 18.2. The number of benzene rings is 1. The molecular formula is C17H29N3O3S. The first-order valence-electron chi connectivity index (χ1n) is 8.14. The molecule has 0 bridgehead atoms. The largest absolute Gasteiger partial charge is 0.350 e. The second-order valence-corrected chi connectivity index (χ2v) is 8.25. The molecule has 0 fully saturated rings. The molecule has 0 aliphatic heterocycles. The van der Waals surface area contributed by atoms with Crippen molar-refractivity contribution in [1.29, 1.82) is 0 Å². The van der Waals surface area contributed by atoms with Crippen LogP contribution in [-0.4, -0.2) is 63.5 Å². The molecule has 0 aliphatic carbocycles. The number of rotatable bonds is 10. The third-order valence-electron chi connectivity index (χ3n) is 3.75. The molecule has 0 spiro atoms. The Morgan fingerprint density at radius 3 is 2.29 bits per heavy atom. The molecule has 7 heteroatoms. The molecule has 136 valence electrons. The summed E-state index contributed by atoms with van der Waals surface area (Å²) in [6.07, 6.45) is 2.08. The van der Waals surface area contributed by atoms with Crippen LogP contribution in [0.1, 0.15) is 31.4 Å². The van der Waals surface area contributed by atoms with Crippen LogP contribution >= 0.6 is 0 Å². The number of hydrogen-bond donors (Lipinski definition) is 1. The Hall–Kier alpha value is -1.44. The smallest absolute Gasteiger partial charge is 0.221 e. The van der Waals surface area contributed by atoms with Crippen LogP contribution in [0.3, 0.4) is 0 Å². The summed E-state index contributed by atoms with van der Waals surface area (Å²) in [6, 6.07) is 9.58. The van der Waals surface area contributed by atoms with E-state index in [4.69, 9.17) is 0 Å². The lowest BCUT2D eigenvalue weighted by molar-refractivity contribution is -0.121. The Bertz CT molecular complexity index is 603. The van der Waals surface area contributed by atoms with Crippen LogP contribution in [0, 0.1) is 0 Å². The van der Waals surface area contributed by atoms with Crippen LogP contribution in [0.15, 0.2) is 30.3 Å². The van der Waals surface area contributed by atoms with Gasteiger partial charge in [-0.1, -0.05) is 30.3 Å². The maximum Gasteiger partial charge on any atom is 0.221 e. The first kappa shape index (κ1) is 20.6. The van der Waals surface area contributed by atoms with Crippen LogP contribution in [0.25, 0.3) is 0 Å². The summed E-state index contributed by atoms with van der Waals surface area (Å²) in [5.74, 6) is -0.146. The molecule has 0 aliphatic rings. The molecular weight excluding hydrogens is 326 g/mol. The van der Waals surface area contributed by atoms with Crippen LogP contribution < -0.4 is 5.32 Å². The number of nitrogens with zero attached hydrogens (tertiary/aromatic N) is 2. The number of amides is 1. The minimum atomic E-state index is -3.30. The number of sulfonamides is 1. The van der Waals surface area contributed by atoms with Crippen molar-refractivity contribution < 1.29 is 13.2 Å². The Labute approximate surface area is 145 Å². The van der Waals surface area contributed by atoms with Crippen molar-refractivity contribution in [2.75, 3.05) is 40.0 Å². The standard InChI is InChI=1S/C17H29N3O3S/c1-15(16-9-6-5-7-10-16)18-17(21)11-14-20(24(4,22)23)13-8-12-19(2)3/h5-7,9-10,15H,8,11-14H2,1-4H3,(H,18,21). The first-order chi connectivity index (χ1) is 11.2. The molecule has 0 saturated carbocycles. The normalized spacial score (nSPS) is 13.2. The van der Waals surface area contributed by atoms with Crippen LogP contribution in [0.2, 0.25) is 0 Å². The van der Waals surface area contributed by atoms with Crippen LogP contribution in [0.4, 0.5) is 0 Å². The van der Waals surface area contributed by atoms with Gasteiger partial charge in [-0.2, -0.15) is 0 Å². The summed E-state index contributed by atoms with van der Waals surface area (Å²) in [5.41, 5.74) is 1.02. The summed E-state index contributed by atoms with van der Waals surface area (Å²) in [7, 11) is 0.591. The Morgan fingerprint density at radius 1 is 1.12 bits per heavy atom. The fourth-order valence-electron chi connectivity index (χ4n) is 2.37. The van der Waals surface area contributed by atoms with Gasteiger partial charge in [0.15, 0.2) is 0 Å². The van der Waals surface area contributed by atoms with Crippen molar-refractivity contribution in [1.82, 2.24) is 14.5 Å². The average molecular weight is 356 g/mol. The molecule has 0 radical (unpaired) electrons. The zero-order valence-corrected chi connectivity index (χ0v) is 15.8. The van der Waals surface area contributed by atoms with Gasteiger partial charge in [0.2, 0.25) is 15.9 Å². The fourth-order valence-corrected chi connectivity index (χ4v) is 3.26. The van der Waals surface area contributed by atoms with E-state index < -0.39 is 10.0 Å². The quantitative estimate of drug-likeness (QED) is 0.690. The Balaban J connectivity index is 2.49. The molecule has 1 atom stereocenters. The van der Waals surface area contributed by atoms with Crippen molar-refractivity contribution in [3.05, 3.63) is 35.9 Å². The third-order valence-corrected chi connectivity index (χ3v) is 5.05. The molecule has 1 rings (SSSR count). The zero-order valence-electron chi connectivity index (χ0n) is 15.0. The van der Waals surface area contributed by atoms with Crippen molar-refractivity contribution >= 4 is 15.9 Å². The van der Waals surface area contributed by atoms with E-state index in [0.29, 0.717) is 6.54 Å². The van der Waals surface area contributed by atoms with Crippen molar-refractivity contribution in [2.24, 2.45) is 0 Å². The van der Waals surface area contributed by atoms with Gasteiger partial charge < -0.3 is 10.2 Å². The lowest BCUT2D eigenvalue weighted by Crippen LogP contribution is -2.36. The van der Waals surface area contributed by atoms with Crippen molar-refractivity contribution in [3.8, 4) is 0 Å². The lowest BCUT2D eigenvalue weighted by Gasteiger charge is -2.21. The topological polar surface area (TPSA) is 69.7 Å². The van der Waals surface area contributed by atoms with E-state index in [2.05, 4.69) is 5.32 Å². The average Bonchev–Trinajstić information content (AvgIpc) is 2.49. The second-order valence-electron chi connectivity index (χ2n) is 6.27.